The third-order valence-corrected chi connectivity index (χ3v) is 6.98. The molecule has 6 rings (SSSR count). The number of nitrogens with one attached hydrogen (secondary N) is 1. The molecule has 3 aromatic rings. The summed E-state index contributed by atoms with van der Waals surface area (Å²) in [4.78, 5) is 41.3. The van der Waals surface area contributed by atoms with E-state index in [9.17, 15) is 4.79 Å². The minimum absolute atomic E-state index is 0.293. The second-order valence-electron chi connectivity index (χ2n) is 11.2. The van der Waals surface area contributed by atoms with Crippen molar-refractivity contribution in [2.75, 3.05) is 61.5 Å². The van der Waals surface area contributed by atoms with Crippen LogP contribution in [0.25, 0.3) is 6.08 Å². The molecule has 6 heterocycles. The molecular weight excluding hydrogens is 546 g/mol. The van der Waals surface area contributed by atoms with Crippen molar-refractivity contribution in [2.24, 2.45) is 4.99 Å². The van der Waals surface area contributed by atoms with Gasteiger partial charge in [-0.1, -0.05) is 11.8 Å². The van der Waals surface area contributed by atoms with Crippen molar-refractivity contribution in [3.05, 3.63) is 59.6 Å². The van der Waals surface area contributed by atoms with Crippen molar-refractivity contribution in [3.63, 3.8) is 0 Å². The SMILES string of the molecule is COc1nc(N2CCN(C(=O)OC(C)(C)C)CC2)ccc1Nc1ncc2c(n1)N1CCN=C1C(C#Cc1cccnc1)=C2. The van der Waals surface area contributed by atoms with E-state index in [1.807, 2.05) is 51.1 Å². The van der Waals surface area contributed by atoms with Crippen molar-refractivity contribution < 1.29 is 14.3 Å². The molecule has 0 unspecified atom stereocenters. The standard InChI is InChI=1S/C31H33N9O3/c1-31(2,3)43-30(41)39-16-14-38(15-17-39)25-10-9-24(28(36-25)42-4)35-29-34-20-23-18-22(8-7-21-6-5-11-32-19-21)26-33-12-13-40(26)27(23)37-29/h5-6,9-11,18-20H,12-17H2,1-4H3,(H,34,35,37). The summed E-state index contributed by atoms with van der Waals surface area (Å²) in [6.45, 7) is 9.36. The van der Waals surface area contributed by atoms with Crippen LogP contribution in [0.15, 0.2) is 53.4 Å². The van der Waals surface area contributed by atoms with Crippen LogP contribution in [0, 0.1) is 11.8 Å². The van der Waals surface area contributed by atoms with Crippen LogP contribution in [0.1, 0.15) is 31.9 Å². The Morgan fingerprint density at radius 2 is 1.86 bits per heavy atom. The second kappa shape index (κ2) is 11.6. The van der Waals surface area contributed by atoms with E-state index < -0.39 is 5.60 Å². The maximum Gasteiger partial charge on any atom is 0.410 e. The van der Waals surface area contributed by atoms with Crippen molar-refractivity contribution >= 4 is 41.3 Å². The van der Waals surface area contributed by atoms with Crippen LogP contribution >= 0.6 is 0 Å². The number of nitrogens with zero attached hydrogens (tertiary/aromatic N) is 8. The maximum absolute atomic E-state index is 12.4. The molecule has 3 aliphatic heterocycles. The zero-order valence-electron chi connectivity index (χ0n) is 24.7. The predicted octanol–water partition coefficient (Wildman–Crippen LogP) is 3.74. The van der Waals surface area contributed by atoms with Crippen molar-refractivity contribution in [1.29, 1.82) is 0 Å². The molecule has 0 aromatic carbocycles. The first kappa shape index (κ1) is 28.0. The number of hydrogen-bond acceptors (Lipinski definition) is 11. The van der Waals surface area contributed by atoms with E-state index in [4.69, 9.17) is 19.4 Å². The lowest BCUT2D eigenvalue weighted by molar-refractivity contribution is 0.0240. The summed E-state index contributed by atoms with van der Waals surface area (Å²) in [6.07, 6.45) is 6.93. The van der Waals surface area contributed by atoms with Gasteiger partial charge in [0, 0.05) is 62.4 Å². The summed E-state index contributed by atoms with van der Waals surface area (Å²) >= 11 is 0. The highest BCUT2D eigenvalue weighted by atomic mass is 16.6. The normalized spacial score (nSPS) is 15.9. The molecule has 1 amide bonds. The molecule has 3 aliphatic rings. The zero-order valence-corrected chi connectivity index (χ0v) is 24.7. The lowest BCUT2D eigenvalue weighted by Gasteiger charge is -2.36. The second-order valence-corrected chi connectivity index (χ2v) is 11.2. The Morgan fingerprint density at radius 1 is 1.02 bits per heavy atom. The number of rotatable bonds is 4. The fourth-order valence-corrected chi connectivity index (χ4v) is 4.96. The summed E-state index contributed by atoms with van der Waals surface area (Å²) in [5.41, 5.74) is 2.65. The van der Waals surface area contributed by atoms with Gasteiger partial charge in [0.05, 0.1) is 19.2 Å². The summed E-state index contributed by atoms with van der Waals surface area (Å²) in [5.74, 6) is 9.59. The highest BCUT2D eigenvalue weighted by molar-refractivity contribution is 6.19. The van der Waals surface area contributed by atoms with E-state index >= 15 is 0 Å². The van der Waals surface area contributed by atoms with E-state index in [1.54, 1.807) is 30.6 Å². The molecule has 0 saturated carbocycles. The van der Waals surface area contributed by atoms with Crippen molar-refractivity contribution in [1.82, 2.24) is 24.8 Å². The highest BCUT2D eigenvalue weighted by Crippen LogP contribution is 2.33. The lowest BCUT2D eigenvalue weighted by atomic mass is 10.1. The first-order valence-electron chi connectivity index (χ1n) is 14.2. The molecular formula is C31H33N9O3. The minimum atomic E-state index is -0.521. The fraction of sp³-hybridized carbons (Fsp3) is 0.355. The summed E-state index contributed by atoms with van der Waals surface area (Å²) in [7, 11) is 1.58. The minimum Gasteiger partial charge on any atom is -0.479 e. The number of carbonyl (C=O) groups excluding carboxylic acids is 1. The quantitative estimate of drug-likeness (QED) is 0.458. The molecule has 1 saturated heterocycles. The highest BCUT2D eigenvalue weighted by Gasteiger charge is 2.30. The third kappa shape index (κ3) is 6.21. The van der Waals surface area contributed by atoms with Crippen molar-refractivity contribution in [3.8, 4) is 17.7 Å². The van der Waals surface area contributed by atoms with Gasteiger partial charge in [0.25, 0.3) is 0 Å². The molecule has 12 nitrogen and oxygen atoms in total. The van der Waals surface area contributed by atoms with Crippen LogP contribution in [0.5, 0.6) is 5.88 Å². The Morgan fingerprint density at radius 3 is 2.60 bits per heavy atom. The first-order valence-corrected chi connectivity index (χ1v) is 14.2. The largest absolute Gasteiger partial charge is 0.479 e. The molecule has 0 bridgehead atoms. The number of amidine groups is 1. The molecule has 3 aromatic heterocycles. The van der Waals surface area contributed by atoms with Crippen LogP contribution < -0.4 is 19.9 Å². The van der Waals surface area contributed by atoms with Gasteiger partial charge < -0.3 is 29.5 Å². The Balaban J connectivity index is 1.17. The topological polar surface area (TPSA) is 121 Å². The van der Waals surface area contributed by atoms with E-state index in [0.29, 0.717) is 56.8 Å². The van der Waals surface area contributed by atoms with Crippen LogP contribution in [0.4, 0.5) is 28.1 Å². The van der Waals surface area contributed by atoms with Crippen molar-refractivity contribution in [2.45, 2.75) is 26.4 Å². The van der Waals surface area contributed by atoms with Gasteiger partial charge in [-0.2, -0.15) is 9.97 Å². The molecule has 1 fully saturated rings. The predicted molar refractivity (Wildman–Crippen MR) is 165 cm³/mol. The average Bonchev–Trinajstić information content (AvgIpc) is 3.51. The summed E-state index contributed by atoms with van der Waals surface area (Å²) < 4.78 is 11.1. The van der Waals surface area contributed by atoms with Crippen LogP contribution in [-0.4, -0.2) is 88.7 Å². The maximum atomic E-state index is 12.4. The van der Waals surface area contributed by atoms with Gasteiger partial charge in [-0.3, -0.25) is 9.98 Å². The van der Waals surface area contributed by atoms with E-state index in [2.05, 4.69) is 41.9 Å². The molecule has 1 N–H and O–H groups in total. The number of aromatic nitrogens is 4. The van der Waals surface area contributed by atoms with Gasteiger partial charge in [0.15, 0.2) is 0 Å². The monoisotopic (exact) mass is 579 g/mol. The molecule has 0 atom stereocenters. The first-order chi connectivity index (χ1) is 20.8. The van der Waals surface area contributed by atoms with Crippen LogP contribution in [-0.2, 0) is 4.74 Å². The van der Waals surface area contributed by atoms with Gasteiger partial charge in [0.2, 0.25) is 11.8 Å². The number of methoxy groups -OCH3 is 1. The van der Waals surface area contributed by atoms with Gasteiger partial charge in [-0.05, 0) is 51.1 Å². The smallest absolute Gasteiger partial charge is 0.410 e. The van der Waals surface area contributed by atoms with E-state index in [0.717, 1.165) is 34.2 Å². The molecule has 0 aliphatic carbocycles. The van der Waals surface area contributed by atoms with Gasteiger partial charge >= 0.3 is 6.09 Å². The number of piperazine rings is 1. The van der Waals surface area contributed by atoms with Gasteiger partial charge in [-0.15, -0.1) is 0 Å². The van der Waals surface area contributed by atoms with E-state index in [-0.39, 0.29) is 6.09 Å². The number of amides is 1. The van der Waals surface area contributed by atoms with Gasteiger partial charge in [0.1, 0.15) is 28.8 Å². The Kier molecular flexibility index (Phi) is 7.54. The average molecular weight is 580 g/mol. The summed E-state index contributed by atoms with van der Waals surface area (Å²) in [6, 6.07) is 7.62. The number of aliphatic imine (C=N–C) groups is 1. The number of carbonyl (C=O) groups is 1. The molecule has 0 spiro atoms. The number of anilines is 4. The Labute approximate surface area is 250 Å². The molecule has 43 heavy (non-hydrogen) atoms. The molecule has 0 radical (unpaired) electrons. The molecule has 220 valence electrons. The van der Waals surface area contributed by atoms with Crippen LogP contribution in [0.2, 0.25) is 0 Å². The molecule has 12 heteroatoms. The number of ether oxygens (including phenoxy) is 2. The zero-order chi connectivity index (χ0) is 30.0. The van der Waals surface area contributed by atoms with Crippen LogP contribution in [0.3, 0.4) is 0 Å². The Bertz CT molecular complexity index is 1650. The number of hydrogen-bond donors (Lipinski definition) is 1. The van der Waals surface area contributed by atoms with Gasteiger partial charge in [-0.25, -0.2) is 9.78 Å². The third-order valence-electron chi connectivity index (χ3n) is 6.98. The lowest BCUT2D eigenvalue weighted by Crippen LogP contribution is -2.50. The fourth-order valence-electron chi connectivity index (χ4n) is 4.96. The summed E-state index contributed by atoms with van der Waals surface area (Å²) in [5, 5.41) is 3.27. The Hall–Kier alpha value is -5.18. The number of fused-ring (bicyclic) bond motifs is 3. The van der Waals surface area contributed by atoms with E-state index in [1.165, 1.54) is 0 Å². The number of pyridine rings is 2.